The first-order valence-electron chi connectivity index (χ1n) is 4.42. The number of phenols is 1. The third-order valence-corrected chi connectivity index (χ3v) is 2.74. The van der Waals surface area contributed by atoms with Gasteiger partial charge in [0.15, 0.2) is 0 Å². The third kappa shape index (κ3) is 2.09. The van der Waals surface area contributed by atoms with Gasteiger partial charge in [-0.3, -0.25) is 0 Å². The average molecular weight is 239 g/mol. The summed E-state index contributed by atoms with van der Waals surface area (Å²) in [5.74, 6) is 0.00125. The number of aromatic hydroxyl groups is 1. The van der Waals surface area contributed by atoms with Gasteiger partial charge in [0.25, 0.3) is 0 Å². The molecule has 0 fully saturated rings. The molecule has 0 aromatic heterocycles. The maximum absolute atomic E-state index is 9.36. The summed E-state index contributed by atoms with van der Waals surface area (Å²) < 4.78 is 0. The molecule has 1 N–H and O–H groups in total. The predicted molar refractivity (Wildman–Crippen MR) is 63.6 cm³/mol. The molecule has 0 radical (unpaired) electrons. The van der Waals surface area contributed by atoms with Crippen molar-refractivity contribution >= 4 is 23.2 Å². The van der Waals surface area contributed by atoms with Gasteiger partial charge in [0.2, 0.25) is 0 Å². The van der Waals surface area contributed by atoms with Gasteiger partial charge in [-0.05, 0) is 11.6 Å². The lowest BCUT2D eigenvalue weighted by Crippen LogP contribution is -1.80. The van der Waals surface area contributed by atoms with Gasteiger partial charge in [0.1, 0.15) is 5.75 Å². The molecular formula is C12H8Cl2O. The van der Waals surface area contributed by atoms with E-state index in [0.717, 1.165) is 11.1 Å². The van der Waals surface area contributed by atoms with Crippen molar-refractivity contribution in [3.63, 3.8) is 0 Å². The second-order valence-corrected chi connectivity index (χ2v) is 3.96. The molecule has 0 bridgehead atoms. The van der Waals surface area contributed by atoms with Crippen LogP contribution in [0.5, 0.6) is 5.75 Å². The van der Waals surface area contributed by atoms with Crippen molar-refractivity contribution in [3.8, 4) is 16.9 Å². The van der Waals surface area contributed by atoms with Gasteiger partial charge in [-0.15, -0.1) is 0 Å². The Bertz CT molecular complexity index is 480. The van der Waals surface area contributed by atoms with Crippen LogP contribution in [0.2, 0.25) is 10.0 Å². The van der Waals surface area contributed by atoms with Crippen molar-refractivity contribution in [2.75, 3.05) is 0 Å². The van der Waals surface area contributed by atoms with Gasteiger partial charge in [0, 0.05) is 11.6 Å². The van der Waals surface area contributed by atoms with Crippen LogP contribution in [0.25, 0.3) is 11.1 Å². The molecular weight excluding hydrogens is 231 g/mol. The van der Waals surface area contributed by atoms with E-state index < -0.39 is 0 Å². The van der Waals surface area contributed by atoms with Crippen LogP contribution in [0.1, 0.15) is 0 Å². The van der Waals surface area contributed by atoms with Crippen LogP contribution in [0, 0.1) is 0 Å². The quantitative estimate of drug-likeness (QED) is 0.783. The van der Waals surface area contributed by atoms with E-state index in [1.165, 1.54) is 6.07 Å². The Balaban J connectivity index is 2.59. The molecule has 0 saturated heterocycles. The van der Waals surface area contributed by atoms with Crippen molar-refractivity contribution in [1.82, 2.24) is 0 Å². The van der Waals surface area contributed by atoms with E-state index in [1.54, 1.807) is 6.07 Å². The summed E-state index contributed by atoms with van der Waals surface area (Å²) in [4.78, 5) is 0. The molecule has 76 valence electrons. The Morgan fingerprint density at radius 2 is 1.53 bits per heavy atom. The molecule has 1 nitrogen and oxygen atoms in total. The van der Waals surface area contributed by atoms with Crippen LogP contribution in [0.3, 0.4) is 0 Å². The van der Waals surface area contributed by atoms with Crippen LogP contribution in [0.15, 0.2) is 42.5 Å². The molecule has 2 aromatic rings. The van der Waals surface area contributed by atoms with Crippen molar-refractivity contribution < 1.29 is 5.11 Å². The summed E-state index contributed by atoms with van der Waals surface area (Å²) in [5, 5.41) is 10.1. The lowest BCUT2D eigenvalue weighted by Gasteiger charge is -2.06. The van der Waals surface area contributed by atoms with E-state index in [1.807, 2.05) is 30.3 Å². The Hall–Kier alpha value is -1.18. The van der Waals surface area contributed by atoms with Gasteiger partial charge < -0.3 is 5.11 Å². The monoisotopic (exact) mass is 238 g/mol. The number of benzene rings is 2. The molecule has 2 rings (SSSR count). The number of phenolic OH excluding ortho intramolecular Hbond substituents is 1. The first-order valence-corrected chi connectivity index (χ1v) is 5.17. The average Bonchev–Trinajstić information content (AvgIpc) is 2.25. The SMILES string of the molecule is Oc1cc(Cl)c(-c2ccccc2)cc1Cl. The maximum atomic E-state index is 9.36. The number of halogens is 2. The second kappa shape index (κ2) is 4.13. The molecule has 0 amide bonds. The van der Waals surface area contributed by atoms with Crippen molar-refractivity contribution in [2.45, 2.75) is 0 Å². The normalized spacial score (nSPS) is 10.3. The summed E-state index contributed by atoms with van der Waals surface area (Å²) in [6.45, 7) is 0. The highest BCUT2D eigenvalue weighted by molar-refractivity contribution is 6.36. The van der Waals surface area contributed by atoms with Gasteiger partial charge in [-0.2, -0.15) is 0 Å². The van der Waals surface area contributed by atoms with Crippen molar-refractivity contribution in [2.24, 2.45) is 0 Å². The Labute approximate surface area is 97.9 Å². The van der Waals surface area contributed by atoms with Gasteiger partial charge in [-0.1, -0.05) is 53.5 Å². The lowest BCUT2D eigenvalue weighted by molar-refractivity contribution is 0.475. The Kier molecular flexibility index (Phi) is 2.85. The first-order chi connectivity index (χ1) is 7.18. The van der Waals surface area contributed by atoms with Crippen LogP contribution >= 0.6 is 23.2 Å². The second-order valence-electron chi connectivity index (χ2n) is 3.15. The van der Waals surface area contributed by atoms with E-state index in [2.05, 4.69) is 0 Å². The summed E-state index contributed by atoms with van der Waals surface area (Å²) >= 11 is 11.8. The zero-order valence-electron chi connectivity index (χ0n) is 7.74. The Morgan fingerprint density at radius 3 is 2.20 bits per heavy atom. The van der Waals surface area contributed by atoms with E-state index in [0.29, 0.717) is 10.0 Å². The minimum atomic E-state index is 0.00125. The van der Waals surface area contributed by atoms with E-state index in [9.17, 15) is 5.11 Å². The highest BCUT2D eigenvalue weighted by Crippen LogP contribution is 2.35. The lowest BCUT2D eigenvalue weighted by atomic mass is 10.1. The molecule has 0 unspecified atom stereocenters. The molecule has 0 heterocycles. The molecule has 2 aromatic carbocycles. The van der Waals surface area contributed by atoms with Crippen LogP contribution in [0.4, 0.5) is 0 Å². The van der Waals surface area contributed by atoms with E-state index in [4.69, 9.17) is 23.2 Å². The van der Waals surface area contributed by atoms with Crippen LogP contribution in [-0.2, 0) is 0 Å². The van der Waals surface area contributed by atoms with Crippen LogP contribution < -0.4 is 0 Å². The zero-order chi connectivity index (χ0) is 10.8. The fourth-order valence-corrected chi connectivity index (χ4v) is 1.81. The van der Waals surface area contributed by atoms with Crippen LogP contribution in [-0.4, -0.2) is 5.11 Å². The fourth-order valence-electron chi connectivity index (χ4n) is 1.38. The smallest absolute Gasteiger partial charge is 0.135 e. The minimum Gasteiger partial charge on any atom is -0.506 e. The highest BCUT2D eigenvalue weighted by atomic mass is 35.5. The van der Waals surface area contributed by atoms with E-state index >= 15 is 0 Å². The maximum Gasteiger partial charge on any atom is 0.135 e. The number of hydrogen-bond acceptors (Lipinski definition) is 1. The molecule has 3 heteroatoms. The number of rotatable bonds is 1. The molecule has 0 atom stereocenters. The zero-order valence-corrected chi connectivity index (χ0v) is 9.26. The molecule has 0 aliphatic rings. The fraction of sp³-hybridized carbons (Fsp3) is 0. The molecule has 15 heavy (non-hydrogen) atoms. The third-order valence-electron chi connectivity index (χ3n) is 2.12. The first kappa shape index (κ1) is 10.3. The van der Waals surface area contributed by atoms with Crippen molar-refractivity contribution in [1.29, 1.82) is 0 Å². The standard InChI is InChI=1S/C12H8Cl2O/c13-10-7-12(15)11(14)6-9(10)8-4-2-1-3-5-8/h1-7,15H. The number of hydrogen-bond donors (Lipinski definition) is 1. The Morgan fingerprint density at radius 1 is 0.867 bits per heavy atom. The van der Waals surface area contributed by atoms with Gasteiger partial charge >= 0.3 is 0 Å². The minimum absolute atomic E-state index is 0.00125. The largest absolute Gasteiger partial charge is 0.506 e. The van der Waals surface area contributed by atoms with E-state index in [-0.39, 0.29) is 5.75 Å². The predicted octanol–water partition coefficient (Wildman–Crippen LogP) is 4.37. The highest BCUT2D eigenvalue weighted by Gasteiger charge is 2.07. The molecule has 0 aliphatic heterocycles. The molecule has 0 saturated carbocycles. The summed E-state index contributed by atoms with van der Waals surface area (Å²) in [5.41, 5.74) is 1.80. The summed E-state index contributed by atoms with van der Waals surface area (Å²) in [6.07, 6.45) is 0. The molecule has 0 aliphatic carbocycles. The van der Waals surface area contributed by atoms with Gasteiger partial charge in [0.05, 0.1) is 10.0 Å². The van der Waals surface area contributed by atoms with Gasteiger partial charge in [-0.25, -0.2) is 0 Å². The topological polar surface area (TPSA) is 20.2 Å². The summed E-state index contributed by atoms with van der Waals surface area (Å²) in [7, 11) is 0. The summed E-state index contributed by atoms with van der Waals surface area (Å²) in [6, 6.07) is 12.8. The van der Waals surface area contributed by atoms with Crippen molar-refractivity contribution in [3.05, 3.63) is 52.5 Å². The molecule has 0 spiro atoms.